The van der Waals surface area contributed by atoms with Gasteiger partial charge in [0.1, 0.15) is 0 Å². The zero-order valence-electron chi connectivity index (χ0n) is 14.7. The Morgan fingerprint density at radius 3 is 1.23 bits per heavy atom. The summed E-state index contributed by atoms with van der Waals surface area (Å²) in [7, 11) is 0. The highest BCUT2D eigenvalue weighted by Crippen LogP contribution is 2.29. The van der Waals surface area contributed by atoms with E-state index < -0.39 is 0 Å². The first kappa shape index (κ1) is 23.7. The Labute approximate surface area is 142 Å². The van der Waals surface area contributed by atoms with E-state index in [1.54, 1.807) is 11.1 Å². The summed E-state index contributed by atoms with van der Waals surface area (Å²) in [6, 6.07) is 0. The summed E-state index contributed by atoms with van der Waals surface area (Å²) in [6.07, 6.45) is 13.0. The van der Waals surface area contributed by atoms with E-state index in [4.69, 9.17) is 0 Å². The molecule has 0 N–H and O–H groups in total. The van der Waals surface area contributed by atoms with E-state index in [0.717, 1.165) is 23.7 Å². The van der Waals surface area contributed by atoms with Gasteiger partial charge in [-0.3, -0.25) is 0 Å². The monoisotopic (exact) mass is 308 g/mol. The zero-order valence-corrected chi connectivity index (χ0v) is 14.7. The van der Waals surface area contributed by atoms with Crippen molar-refractivity contribution in [2.45, 2.75) is 94.9 Å². The third kappa shape index (κ3) is 8.81. The summed E-state index contributed by atoms with van der Waals surface area (Å²) >= 11 is 0. The van der Waals surface area contributed by atoms with Gasteiger partial charge in [0.2, 0.25) is 0 Å². The molecule has 2 aliphatic carbocycles. The predicted molar refractivity (Wildman–Crippen MR) is 105 cm³/mol. The summed E-state index contributed by atoms with van der Waals surface area (Å²) in [6.45, 7) is 13.8. The molecule has 0 aromatic heterocycles. The number of rotatable bonds is 2. The van der Waals surface area contributed by atoms with Crippen molar-refractivity contribution < 1.29 is 0 Å². The highest BCUT2D eigenvalue weighted by atomic mass is 14.2. The molecule has 22 heavy (non-hydrogen) atoms. The topological polar surface area (TPSA) is 0 Å². The Morgan fingerprint density at radius 2 is 1.05 bits per heavy atom. The molecule has 0 aromatic rings. The van der Waals surface area contributed by atoms with Crippen LogP contribution >= 0.6 is 0 Å². The van der Waals surface area contributed by atoms with E-state index in [1.165, 1.54) is 38.5 Å². The molecule has 2 atom stereocenters. The maximum Gasteiger partial charge on any atom is -0.0317 e. The molecule has 0 heterocycles. The minimum absolute atomic E-state index is 0. The van der Waals surface area contributed by atoms with Gasteiger partial charge in [0.25, 0.3) is 0 Å². The molecule has 0 aliphatic heterocycles. The Hall–Kier alpha value is -0.520. The number of hydrogen-bond acceptors (Lipinski definition) is 0. The van der Waals surface area contributed by atoms with Crippen LogP contribution < -0.4 is 0 Å². The Bertz CT molecular complexity index is 296. The van der Waals surface area contributed by atoms with Crippen molar-refractivity contribution in [3.05, 3.63) is 23.3 Å². The van der Waals surface area contributed by atoms with Crippen molar-refractivity contribution in [3.8, 4) is 0 Å². The Balaban J connectivity index is 0. The van der Waals surface area contributed by atoms with E-state index in [9.17, 15) is 0 Å². The van der Waals surface area contributed by atoms with E-state index in [-0.39, 0.29) is 14.9 Å². The second kappa shape index (κ2) is 12.0. The maximum atomic E-state index is 2.41. The van der Waals surface area contributed by atoms with E-state index in [2.05, 4.69) is 53.7 Å². The molecule has 0 spiro atoms. The van der Waals surface area contributed by atoms with Crippen molar-refractivity contribution in [2.75, 3.05) is 0 Å². The van der Waals surface area contributed by atoms with Gasteiger partial charge in [-0.05, 0) is 76.0 Å². The highest BCUT2D eigenvalue weighted by molar-refractivity contribution is 5.03. The second-order valence-corrected chi connectivity index (χ2v) is 7.66. The largest absolute Gasteiger partial charge is 0.0853 e. The molecule has 0 amide bonds. The third-order valence-electron chi connectivity index (χ3n) is 5.24. The summed E-state index contributed by atoms with van der Waals surface area (Å²) in [4.78, 5) is 0. The molecular formula is C22H44. The van der Waals surface area contributed by atoms with Gasteiger partial charge >= 0.3 is 0 Å². The fourth-order valence-corrected chi connectivity index (χ4v) is 3.18. The van der Waals surface area contributed by atoms with Crippen molar-refractivity contribution in [3.63, 3.8) is 0 Å². The average molecular weight is 309 g/mol. The summed E-state index contributed by atoms with van der Waals surface area (Å²) in [5.41, 5.74) is 3.19. The van der Waals surface area contributed by atoms with E-state index in [1.807, 2.05) is 0 Å². The van der Waals surface area contributed by atoms with Gasteiger partial charge in [0.15, 0.2) is 0 Å². The fraction of sp³-hybridized carbons (Fsp3) is 0.818. The van der Waals surface area contributed by atoms with Crippen LogP contribution in [0.25, 0.3) is 0 Å². The Morgan fingerprint density at radius 1 is 0.727 bits per heavy atom. The van der Waals surface area contributed by atoms with Crippen molar-refractivity contribution >= 4 is 0 Å². The number of hydrogen-bond donors (Lipinski definition) is 0. The summed E-state index contributed by atoms with van der Waals surface area (Å²) in [5, 5.41) is 0. The molecule has 0 unspecified atom stereocenters. The molecule has 0 nitrogen and oxygen atoms in total. The quantitative estimate of drug-likeness (QED) is 0.453. The lowest BCUT2D eigenvalue weighted by molar-refractivity contribution is 0.350. The fourth-order valence-electron chi connectivity index (χ4n) is 3.18. The molecule has 2 rings (SSSR count). The molecule has 0 heteroatoms. The highest BCUT2D eigenvalue weighted by Gasteiger charge is 2.15. The molecule has 0 saturated heterocycles. The zero-order chi connectivity index (χ0) is 15.1. The minimum atomic E-state index is 0. The Kier molecular flexibility index (Phi) is 12.9. The smallest absolute Gasteiger partial charge is 0.0317 e. The SMILES string of the molecule is C.C.CC1=CC[C@@H](C(C)C)CC1.CC1=CC[C@H](C(C)C)CC1. The lowest BCUT2D eigenvalue weighted by Crippen LogP contribution is -2.10. The van der Waals surface area contributed by atoms with Crippen LogP contribution in [0.4, 0.5) is 0 Å². The van der Waals surface area contributed by atoms with Crippen LogP contribution in [-0.4, -0.2) is 0 Å². The van der Waals surface area contributed by atoms with Gasteiger partial charge < -0.3 is 0 Å². The van der Waals surface area contributed by atoms with Crippen molar-refractivity contribution in [1.29, 1.82) is 0 Å². The average Bonchev–Trinajstić information content (AvgIpc) is 2.40. The molecule has 132 valence electrons. The first-order valence-electron chi connectivity index (χ1n) is 8.71. The first-order valence-corrected chi connectivity index (χ1v) is 8.71. The lowest BCUT2D eigenvalue weighted by Gasteiger charge is -2.23. The predicted octanol–water partition coefficient (Wildman–Crippen LogP) is 8.05. The number of allylic oxidation sites excluding steroid dienone is 4. The van der Waals surface area contributed by atoms with Gasteiger partial charge in [-0.15, -0.1) is 0 Å². The molecule has 0 fully saturated rings. The summed E-state index contributed by atoms with van der Waals surface area (Å²) in [5.74, 6) is 3.68. The van der Waals surface area contributed by atoms with Crippen LogP contribution in [0.2, 0.25) is 0 Å². The lowest BCUT2D eigenvalue weighted by atomic mass is 9.83. The van der Waals surface area contributed by atoms with Crippen LogP contribution in [0.15, 0.2) is 23.3 Å². The van der Waals surface area contributed by atoms with Crippen LogP contribution in [0.3, 0.4) is 0 Å². The van der Waals surface area contributed by atoms with Crippen LogP contribution in [0.1, 0.15) is 94.9 Å². The van der Waals surface area contributed by atoms with Gasteiger partial charge in [-0.2, -0.15) is 0 Å². The maximum absolute atomic E-state index is 2.41. The molecule has 0 aromatic carbocycles. The van der Waals surface area contributed by atoms with Crippen molar-refractivity contribution in [1.82, 2.24) is 0 Å². The van der Waals surface area contributed by atoms with Crippen LogP contribution in [-0.2, 0) is 0 Å². The van der Waals surface area contributed by atoms with Gasteiger partial charge in [-0.25, -0.2) is 0 Å². The minimum Gasteiger partial charge on any atom is -0.0853 e. The van der Waals surface area contributed by atoms with Gasteiger partial charge in [0, 0.05) is 0 Å². The summed E-state index contributed by atoms with van der Waals surface area (Å²) < 4.78 is 0. The molecule has 0 radical (unpaired) electrons. The molecular weight excluding hydrogens is 264 g/mol. The van der Waals surface area contributed by atoms with Gasteiger partial charge in [-0.1, -0.05) is 65.8 Å². The van der Waals surface area contributed by atoms with Crippen molar-refractivity contribution in [2.24, 2.45) is 23.7 Å². The molecule has 0 bridgehead atoms. The van der Waals surface area contributed by atoms with Gasteiger partial charge in [0.05, 0.1) is 0 Å². The first-order chi connectivity index (χ1) is 9.40. The molecule has 0 saturated carbocycles. The standard InChI is InChI=1S/2C10H18.2CH4/c2*1-8(2)10-6-4-9(3)5-7-10;;/h2*4,8,10H,5-7H2,1-3H3;2*1H4/t2*10-;;/m10../s1. The van der Waals surface area contributed by atoms with E-state index >= 15 is 0 Å². The van der Waals surface area contributed by atoms with Crippen LogP contribution in [0, 0.1) is 23.7 Å². The molecule has 2 aliphatic rings. The third-order valence-corrected chi connectivity index (χ3v) is 5.24. The van der Waals surface area contributed by atoms with Crippen LogP contribution in [0.5, 0.6) is 0 Å². The normalized spacial score (nSPS) is 24.4. The van der Waals surface area contributed by atoms with E-state index in [0.29, 0.717) is 0 Å². The second-order valence-electron chi connectivity index (χ2n) is 7.66.